The number of fused-ring (bicyclic) bond motifs is 1. The summed E-state index contributed by atoms with van der Waals surface area (Å²) >= 11 is 0. The van der Waals surface area contributed by atoms with E-state index in [9.17, 15) is 9.81 Å². The highest BCUT2D eigenvalue weighted by molar-refractivity contribution is 5.91. The van der Waals surface area contributed by atoms with Gasteiger partial charge in [0.2, 0.25) is 0 Å². The van der Waals surface area contributed by atoms with Crippen molar-refractivity contribution in [2.24, 2.45) is 10.4 Å². The fraction of sp³-hybridized carbons (Fsp3) is 0.385. The van der Waals surface area contributed by atoms with Crippen molar-refractivity contribution in [1.82, 2.24) is 4.98 Å². The molecule has 0 saturated carbocycles. The second-order valence-corrected chi connectivity index (χ2v) is 4.28. The van der Waals surface area contributed by atoms with Crippen molar-refractivity contribution in [1.29, 1.82) is 0 Å². The van der Waals surface area contributed by atoms with E-state index in [1.807, 2.05) is 6.07 Å². The Morgan fingerprint density at radius 3 is 2.35 bits per heavy atom. The van der Waals surface area contributed by atoms with E-state index in [2.05, 4.69) is 15.3 Å². The molecule has 0 aliphatic rings. The lowest BCUT2D eigenvalue weighted by molar-refractivity contribution is 0.392. The summed E-state index contributed by atoms with van der Waals surface area (Å²) in [6, 6.07) is 3.56. The largest absolute Gasteiger partial charge is 0.496 e. The number of ether oxygens (including phenoxy) is 2. The molecule has 0 unspecified atom stereocenters. The molecule has 7 heteroatoms. The Hall–Kier alpha value is -2.44. The average Bonchev–Trinajstić information content (AvgIpc) is 2.94. The van der Waals surface area contributed by atoms with Crippen LogP contribution in [0.3, 0.4) is 0 Å². The molecule has 2 aromatic rings. The maximum absolute atomic E-state index is 10.6. The Balaban J connectivity index is 2.68. The zero-order valence-electron chi connectivity index (χ0n) is 11.3. The molecular formula is C13H15N3O4. The molecule has 0 aliphatic heterocycles. The van der Waals surface area contributed by atoms with Crippen LogP contribution in [0, 0.1) is 9.81 Å². The van der Waals surface area contributed by atoms with Gasteiger partial charge in [-0.3, -0.25) is 0 Å². The van der Waals surface area contributed by atoms with Crippen LogP contribution in [0.5, 0.6) is 11.5 Å². The molecule has 106 valence electrons. The van der Waals surface area contributed by atoms with Crippen molar-refractivity contribution >= 4 is 10.9 Å². The zero-order chi connectivity index (χ0) is 14.5. The quantitative estimate of drug-likeness (QED) is 0.787. The standard InChI is InChI=1S/C13H15N3O4/c1-19-10-5-11(20-2)13-9(3-4-14-13)12(10)8(6-15-17)7-16-18/h3-5,8,14H,6-7H2,1-2H3. The number of rotatable bonds is 7. The van der Waals surface area contributed by atoms with Crippen LogP contribution >= 0.6 is 0 Å². The monoisotopic (exact) mass is 277 g/mol. The van der Waals surface area contributed by atoms with Crippen molar-refractivity contribution in [3.05, 3.63) is 33.7 Å². The summed E-state index contributed by atoms with van der Waals surface area (Å²) in [5.41, 5.74) is 1.52. The third-order valence-electron chi connectivity index (χ3n) is 3.25. The molecule has 1 heterocycles. The highest BCUT2D eigenvalue weighted by Gasteiger charge is 2.23. The Morgan fingerprint density at radius 1 is 1.15 bits per heavy atom. The number of hydrogen-bond donors (Lipinski definition) is 1. The van der Waals surface area contributed by atoms with Gasteiger partial charge in [0.15, 0.2) is 0 Å². The maximum atomic E-state index is 10.6. The Morgan fingerprint density at radius 2 is 1.80 bits per heavy atom. The zero-order valence-corrected chi connectivity index (χ0v) is 11.3. The third-order valence-corrected chi connectivity index (χ3v) is 3.25. The van der Waals surface area contributed by atoms with Crippen LogP contribution in [0.15, 0.2) is 28.7 Å². The second-order valence-electron chi connectivity index (χ2n) is 4.28. The van der Waals surface area contributed by atoms with Gasteiger partial charge in [0.25, 0.3) is 0 Å². The summed E-state index contributed by atoms with van der Waals surface area (Å²) in [6.07, 6.45) is 1.76. The summed E-state index contributed by atoms with van der Waals surface area (Å²) in [7, 11) is 3.09. The van der Waals surface area contributed by atoms with Crippen molar-refractivity contribution in [3.63, 3.8) is 0 Å². The molecule has 0 atom stereocenters. The smallest absolute Gasteiger partial charge is 0.146 e. The molecular weight excluding hydrogens is 262 g/mol. The van der Waals surface area contributed by atoms with Gasteiger partial charge in [-0.05, 0) is 6.07 Å². The van der Waals surface area contributed by atoms with Crippen LogP contribution in [-0.4, -0.2) is 32.3 Å². The second kappa shape index (κ2) is 6.14. The third kappa shape index (κ3) is 2.34. The molecule has 0 fully saturated rings. The van der Waals surface area contributed by atoms with Gasteiger partial charge in [0.1, 0.15) is 11.5 Å². The summed E-state index contributed by atoms with van der Waals surface area (Å²) in [5, 5.41) is 6.62. The lowest BCUT2D eigenvalue weighted by Crippen LogP contribution is -2.09. The Bertz CT molecular complexity index is 613. The maximum Gasteiger partial charge on any atom is 0.146 e. The van der Waals surface area contributed by atoms with Crippen LogP contribution in [0.25, 0.3) is 10.9 Å². The van der Waals surface area contributed by atoms with Gasteiger partial charge in [0, 0.05) is 29.1 Å². The summed E-state index contributed by atoms with van der Waals surface area (Å²) in [6.45, 7) is -0.0661. The number of methoxy groups -OCH3 is 2. The predicted octanol–water partition coefficient (Wildman–Crippen LogP) is 2.80. The number of nitrogens with one attached hydrogen (secondary N) is 1. The van der Waals surface area contributed by atoms with Crippen LogP contribution in [0.4, 0.5) is 0 Å². The molecule has 1 aromatic carbocycles. The molecule has 1 N–H and O–H groups in total. The Labute approximate surface area is 115 Å². The molecule has 0 bridgehead atoms. The van der Waals surface area contributed by atoms with E-state index in [4.69, 9.17) is 9.47 Å². The number of hydrogen-bond acceptors (Lipinski definition) is 6. The SMILES string of the molecule is COc1cc(OC)c2[nH]ccc2c1C(CN=O)CN=O. The fourth-order valence-electron chi connectivity index (χ4n) is 2.37. The van der Waals surface area contributed by atoms with E-state index < -0.39 is 5.92 Å². The molecule has 0 saturated heterocycles. The summed E-state index contributed by atoms with van der Waals surface area (Å²) in [5.74, 6) is 0.762. The van der Waals surface area contributed by atoms with E-state index in [0.717, 1.165) is 16.5 Å². The minimum Gasteiger partial charge on any atom is -0.496 e. The van der Waals surface area contributed by atoms with E-state index in [0.29, 0.717) is 11.5 Å². The minimum atomic E-state index is -0.413. The number of aromatic nitrogens is 1. The number of nitroso groups, excluding NO2 is 2. The van der Waals surface area contributed by atoms with Gasteiger partial charge in [-0.25, -0.2) is 0 Å². The predicted molar refractivity (Wildman–Crippen MR) is 75.5 cm³/mol. The molecule has 20 heavy (non-hydrogen) atoms. The van der Waals surface area contributed by atoms with Crippen LogP contribution in [0.1, 0.15) is 11.5 Å². The summed E-state index contributed by atoms with van der Waals surface area (Å²) < 4.78 is 10.7. The fourth-order valence-corrected chi connectivity index (χ4v) is 2.37. The van der Waals surface area contributed by atoms with E-state index >= 15 is 0 Å². The van der Waals surface area contributed by atoms with E-state index in [-0.39, 0.29) is 13.1 Å². The number of nitrogens with zero attached hydrogens (tertiary/aromatic N) is 2. The van der Waals surface area contributed by atoms with Gasteiger partial charge < -0.3 is 14.5 Å². The van der Waals surface area contributed by atoms with Crippen LogP contribution in [0.2, 0.25) is 0 Å². The van der Waals surface area contributed by atoms with E-state index in [1.54, 1.807) is 19.4 Å². The molecule has 1 aromatic heterocycles. The number of aromatic amines is 1. The molecule has 7 nitrogen and oxygen atoms in total. The van der Waals surface area contributed by atoms with E-state index in [1.165, 1.54) is 7.11 Å². The van der Waals surface area contributed by atoms with Crippen molar-refractivity contribution in [3.8, 4) is 11.5 Å². The van der Waals surface area contributed by atoms with Crippen molar-refractivity contribution in [2.75, 3.05) is 27.3 Å². The summed E-state index contributed by atoms with van der Waals surface area (Å²) in [4.78, 5) is 24.3. The minimum absolute atomic E-state index is 0.0330. The highest BCUT2D eigenvalue weighted by Crippen LogP contribution is 2.39. The van der Waals surface area contributed by atoms with Gasteiger partial charge >= 0.3 is 0 Å². The highest BCUT2D eigenvalue weighted by atomic mass is 16.5. The van der Waals surface area contributed by atoms with Gasteiger partial charge in [-0.1, -0.05) is 10.4 Å². The number of H-pyrrole nitrogens is 1. The molecule has 0 spiro atoms. The van der Waals surface area contributed by atoms with Gasteiger partial charge in [-0.15, -0.1) is 0 Å². The lowest BCUT2D eigenvalue weighted by atomic mass is 9.94. The molecule has 0 amide bonds. The Kier molecular flexibility index (Phi) is 4.29. The van der Waals surface area contributed by atoms with Crippen LogP contribution in [-0.2, 0) is 0 Å². The average molecular weight is 277 g/mol. The first-order valence-electron chi connectivity index (χ1n) is 6.07. The topological polar surface area (TPSA) is 93.1 Å². The first-order chi connectivity index (χ1) is 9.76. The molecule has 0 radical (unpaired) electrons. The molecule has 0 aliphatic carbocycles. The molecule has 2 rings (SSSR count). The first-order valence-corrected chi connectivity index (χ1v) is 6.07. The van der Waals surface area contributed by atoms with Gasteiger partial charge in [0.05, 0.1) is 32.8 Å². The number of benzene rings is 1. The van der Waals surface area contributed by atoms with Gasteiger partial charge in [-0.2, -0.15) is 9.81 Å². The normalized spacial score (nSPS) is 10.8. The van der Waals surface area contributed by atoms with Crippen molar-refractivity contribution < 1.29 is 9.47 Å². The first kappa shape index (κ1) is 14.0. The van der Waals surface area contributed by atoms with Crippen molar-refractivity contribution in [2.45, 2.75) is 5.92 Å². The lowest BCUT2D eigenvalue weighted by Gasteiger charge is -2.17. The van der Waals surface area contributed by atoms with Crippen LogP contribution < -0.4 is 9.47 Å².